The number of hydrogen-bond acceptors (Lipinski definition) is 8. The van der Waals surface area contributed by atoms with Crippen LogP contribution in [-0.2, 0) is 9.30 Å². The van der Waals surface area contributed by atoms with Crippen LogP contribution in [-0.4, -0.2) is 76.2 Å². The topological polar surface area (TPSA) is 184 Å². The summed E-state index contributed by atoms with van der Waals surface area (Å²) in [6, 6.07) is 7.17. The molecule has 1 saturated heterocycles. The van der Waals surface area contributed by atoms with Crippen molar-refractivity contribution in [3.63, 3.8) is 0 Å². The number of benzene rings is 1. The number of nitrogens with zero attached hydrogens (tertiary/aromatic N) is 6. The maximum atomic E-state index is 14.7. The van der Waals surface area contributed by atoms with Gasteiger partial charge in [-0.1, -0.05) is 12.6 Å². The number of amides is 1. The number of cyclic esters (lactones) is 1. The number of aromatic nitrogens is 5. The van der Waals surface area contributed by atoms with Crippen molar-refractivity contribution in [1.82, 2.24) is 25.2 Å². The number of hydrogen-bond donors (Lipinski definition) is 4. The van der Waals surface area contributed by atoms with Gasteiger partial charge in [0.2, 0.25) is 5.82 Å². The fourth-order valence-corrected chi connectivity index (χ4v) is 3.03. The van der Waals surface area contributed by atoms with E-state index < -0.39 is 38.4 Å². The van der Waals surface area contributed by atoms with E-state index in [0.717, 1.165) is 11.0 Å². The van der Waals surface area contributed by atoms with Gasteiger partial charge >= 0.3 is 13.9 Å². The molecule has 0 bridgehead atoms. The maximum Gasteiger partial charge on any atom is 0.466 e. The Labute approximate surface area is 200 Å². The number of pyridine rings is 1. The number of halogens is 3. The summed E-state index contributed by atoms with van der Waals surface area (Å²) in [5, 5.41) is 21.0. The average molecular weight is 530 g/mol. The summed E-state index contributed by atoms with van der Waals surface area (Å²) in [5.74, 6) is -0.385. The number of ether oxygens (including phenoxy) is 1. The van der Waals surface area contributed by atoms with Gasteiger partial charge in [0.1, 0.15) is 11.5 Å². The highest BCUT2D eigenvalue weighted by molar-refractivity contribution is 7.45. The lowest BCUT2D eigenvalue weighted by Gasteiger charge is -2.16. The Balaban J connectivity index is 0.000000658. The standard InChI is InChI=1S/C19H15F3N6O3.H3O4P/c1-2-28-25-18(24-26-28)14-6-3-10(8-23-14)12-5-4-11(7-13(12)20)27-9-15(31-19(27)30)16(29)17(21)22;1-5(2,3)4/h2-8,15-17,29H,1,9H2;(H3,1,2,3,4)/t15-,16?;/m0./s1. The smallest absolute Gasteiger partial charge is 0.441 e. The van der Waals surface area contributed by atoms with Crippen LogP contribution in [0.5, 0.6) is 0 Å². The molecule has 1 amide bonds. The highest BCUT2D eigenvalue weighted by atomic mass is 31.2. The number of carbonyl (C=O) groups excluding carboxylic acids is 1. The molecule has 1 unspecified atom stereocenters. The van der Waals surface area contributed by atoms with Crippen molar-refractivity contribution in [3.8, 4) is 22.6 Å². The van der Waals surface area contributed by atoms with Gasteiger partial charge in [-0.2, -0.15) is 0 Å². The van der Waals surface area contributed by atoms with Gasteiger partial charge in [0, 0.05) is 23.5 Å². The lowest BCUT2D eigenvalue weighted by atomic mass is 10.1. The zero-order valence-electron chi connectivity index (χ0n) is 18.0. The van der Waals surface area contributed by atoms with Gasteiger partial charge in [-0.15, -0.1) is 15.0 Å². The molecule has 4 N–H and O–H groups in total. The molecule has 192 valence electrons. The second-order valence-electron chi connectivity index (χ2n) is 7.08. The molecule has 17 heteroatoms. The summed E-state index contributed by atoms with van der Waals surface area (Å²) >= 11 is 0. The molecule has 1 fully saturated rings. The van der Waals surface area contributed by atoms with E-state index in [1.54, 1.807) is 12.1 Å². The van der Waals surface area contributed by atoms with E-state index in [0.29, 0.717) is 11.3 Å². The van der Waals surface area contributed by atoms with Crippen LogP contribution >= 0.6 is 7.82 Å². The third-order valence-electron chi connectivity index (χ3n) is 4.63. The van der Waals surface area contributed by atoms with Crippen LogP contribution in [0.2, 0.25) is 0 Å². The van der Waals surface area contributed by atoms with Gasteiger partial charge in [0.05, 0.1) is 12.2 Å². The molecule has 1 aliphatic heterocycles. The number of aliphatic hydroxyl groups excluding tert-OH is 1. The number of tetrazole rings is 1. The molecule has 13 nitrogen and oxygen atoms in total. The zero-order valence-corrected chi connectivity index (χ0v) is 18.9. The van der Waals surface area contributed by atoms with Gasteiger partial charge in [0.25, 0.3) is 6.43 Å². The van der Waals surface area contributed by atoms with Gasteiger partial charge in [-0.05, 0) is 29.5 Å². The van der Waals surface area contributed by atoms with E-state index in [-0.39, 0.29) is 23.6 Å². The summed E-state index contributed by atoms with van der Waals surface area (Å²) in [7, 11) is -4.64. The fraction of sp³-hybridized carbons (Fsp3) is 0.211. The Hall–Kier alpha value is -3.69. The first kappa shape index (κ1) is 26.9. The summed E-state index contributed by atoms with van der Waals surface area (Å²) in [6.45, 7) is 3.20. The summed E-state index contributed by atoms with van der Waals surface area (Å²) in [4.78, 5) is 39.9. The van der Waals surface area contributed by atoms with E-state index in [2.05, 4.69) is 27.0 Å². The molecule has 0 radical (unpaired) electrons. The Morgan fingerprint density at radius 2 is 1.92 bits per heavy atom. The number of rotatable bonds is 6. The average Bonchev–Trinajstić information content (AvgIpc) is 3.44. The molecular weight excluding hydrogens is 512 g/mol. The van der Waals surface area contributed by atoms with Gasteiger partial charge in [-0.3, -0.25) is 9.88 Å². The number of alkyl halides is 2. The van der Waals surface area contributed by atoms with Crippen LogP contribution in [0.1, 0.15) is 0 Å². The zero-order chi connectivity index (χ0) is 26.6. The predicted molar refractivity (Wildman–Crippen MR) is 117 cm³/mol. The molecule has 4 rings (SSSR count). The Kier molecular flexibility index (Phi) is 8.17. The van der Waals surface area contributed by atoms with E-state index in [9.17, 15) is 23.1 Å². The van der Waals surface area contributed by atoms with E-state index in [1.165, 1.54) is 29.3 Å². The first-order valence-corrected chi connectivity index (χ1v) is 11.3. The third-order valence-corrected chi connectivity index (χ3v) is 4.63. The highest BCUT2D eigenvalue weighted by Gasteiger charge is 2.40. The van der Waals surface area contributed by atoms with Crippen molar-refractivity contribution in [2.45, 2.75) is 18.6 Å². The van der Waals surface area contributed by atoms with Crippen molar-refractivity contribution in [2.24, 2.45) is 0 Å². The first-order chi connectivity index (χ1) is 16.9. The molecule has 0 aliphatic carbocycles. The summed E-state index contributed by atoms with van der Waals surface area (Å²) in [6.07, 6.45) is -4.73. The van der Waals surface area contributed by atoms with Crippen LogP contribution in [0.25, 0.3) is 28.8 Å². The van der Waals surface area contributed by atoms with Crippen LogP contribution in [0.15, 0.2) is 43.1 Å². The minimum Gasteiger partial charge on any atom is -0.441 e. The quantitative estimate of drug-likeness (QED) is 0.340. The highest BCUT2D eigenvalue weighted by Crippen LogP contribution is 2.30. The second-order valence-corrected chi connectivity index (χ2v) is 8.11. The van der Waals surface area contributed by atoms with Gasteiger partial charge < -0.3 is 24.5 Å². The number of anilines is 1. The molecule has 2 aromatic heterocycles. The predicted octanol–water partition coefficient (Wildman–Crippen LogP) is 1.66. The molecule has 3 heterocycles. The molecule has 1 aromatic carbocycles. The van der Waals surface area contributed by atoms with Crippen LogP contribution in [0, 0.1) is 5.82 Å². The first-order valence-electron chi connectivity index (χ1n) is 9.78. The minimum absolute atomic E-state index is 0.116. The number of phosphoric acid groups is 1. The van der Waals surface area contributed by atoms with E-state index >= 15 is 0 Å². The second kappa shape index (κ2) is 10.9. The Bertz CT molecular complexity index is 1280. The van der Waals surface area contributed by atoms with Crippen molar-refractivity contribution >= 4 is 25.8 Å². The monoisotopic (exact) mass is 530 g/mol. The normalized spacial score (nSPS) is 16.4. The van der Waals surface area contributed by atoms with Gasteiger partial charge in [0.15, 0.2) is 12.2 Å². The Morgan fingerprint density at radius 3 is 2.44 bits per heavy atom. The lowest BCUT2D eigenvalue weighted by Crippen LogP contribution is -2.36. The van der Waals surface area contributed by atoms with Gasteiger partial charge in [-0.25, -0.2) is 22.5 Å². The lowest BCUT2D eigenvalue weighted by molar-refractivity contribution is -0.0641. The van der Waals surface area contributed by atoms with Crippen molar-refractivity contribution in [2.75, 3.05) is 11.4 Å². The molecular formula is C19H18F3N6O7P. The number of aliphatic hydroxyl groups is 1. The molecule has 2 atom stereocenters. The molecule has 0 spiro atoms. The largest absolute Gasteiger partial charge is 0.466 e. The SMILES string of the molecule is C=Cn1nnc(-c2ccc(-c3ccc(N4C[C@@H](C(O)C(F)F)OC4=O)cc3F)cn2)n1.O=P(O)(O)O. The third kappa shape index (κ3) is 6.71. The van der Waals surface area contributed by atoms with Crippen LogP contribution in [0.4, 0.5) is 23.7 Å². The molecule has 1 aliphatic rings. The van der Waals surface area contributed by atoms with Crippen molar-refractivity contribution in [1.29, 1.82) is 0 Å². The summed E-state index contributed by atoms with van der Waals surface area (Å²) in [5.41, 5.74) is 1.21. The molecule has 36 heavy (non-hydrogen) atoms. The maximum absolute atomic E-state index is 14.7. The molecule has 3 aromatic rings. The fourth-order valence-electron chi connectivity index (χ4n) is 3.03. The van der Waals surface area contributed by atoms with E-state index in [1.807, 2.05) is 0 Å². The Morgan fingerprint density at radius 1 is 1.22 bits per heavy atom. The van der Waals surface area contributed by atoms with Crippen LogP contribution in [0.3, 0.4) is 0 Å². The minimum atomic E-state index is -4.64. The van der Waals surface area contributed by atoms with Crippen molar-refractivity contribution < 1.29 is 47.1 Å². The summed E-state index contributed by atoms with van der Waals surface area (Å²) < 4.78 is 53.7. The van der Waals surface area contributed by atoms with E-state index in [4.69, 9.17) is 24.0 Å². The van der Waals surface area contributed by atoms with Crippen molar-refractivity contribution in [3.05, 3.63) is 48.9 Å². The molecule has 0 saturated carbocycles. The number of carbonyl (C=O) groups is 1. The van der Waals surface area contributed by atoms with Crippen LogP contribution < -0.4 is 4.90 Å².